The van der Waals surface area contributed by atoms with Crippen LogP contribution < -0.4 is 19.1 Å². The molecule has 3 aromatic rings. The number of hydrogen-bond donors (Lipinski definition) is 1. The number of anilines is 1. The summed E-state index contributed by atoms with van der Waals surface area (Å²) in [5.74, 6) is 0.778. The van der Waals surface area contributed by atoms with Crippen molar-refractivity contribution < 1.29 is 22.7 Å². The molecule has 0 heterocycles. The number of sulfonamides is 1. The molecule has 7 nitrogen and oxygen atoms in total. The smallest absolute Gasteiger partial charge is 0.264 e. The number of methoxy groups -OCH3 is 2. The van der Waals surface area contributed by atoms with Crippen molar-refractivity contribution in [3.63, 3.8) is 0 Å². The first-order valence-corrected chi connectivity index (χ1v) is 11.9. The van der Waals surface area contributed by atoms with Crippen LogP contribution in [0.2, 0.25) is 5.02 Å². The van der Waals surface area contributed by atoms with E-state index in [0.29, 0.717) is 22.2 Å². The number of rotatable bonds is 9. The Kier molecular flexibility index (Phi) is 7.84. The van der Waals surface area contributed by atoms with Crippen molar-refractivity contribution in [2.75, 3.05) is 25.1 Å². The highest BCUT2D eigenvalue weighted by Gasteiger charge is 2.28. The molecule has 0 aliphatic heterocycles. The van der Waals surface area contributed by atoms with E-state index in [1.54, 1.807) is 55.6 Å². The zero-order valence-corrected chi connectivity index (χ0v) is 20.1. The Morgan fingerprint density at radius 2 is 1.42 bits per heavy atom. The SMILES string of the molecule is COc1ccc([C@@H](C)NC(=O)CN(c2ccc(Cl)cc2)S(=O)(=O)c2ccc(OC)cc2)cc1. The fourth-order valence-electron chi connectivity index (χ4n) is 3.19. The van der Waals surface area contributed by atoms with Gasteiger partial charge in [0.15, 0.2) is 0 Å². The van der Waals surface area contributed by atoms with Crippen molar-refractivity contribution >= 4 is 33.2 Å². The minimum absolute atomic E-state index is 0.0363. The van der Waals surface area contributed by atoms with Crippen LogP contribution in [-0.2, 0) is 14.8 Å². The Labute approximate surface area is 198 Å². The molecule has 0 saturated heterocycles. The van der Waals surface area contributed by atoms with Gasteiger partial charge in [-0.25, -0.2) is 8.42 Å². The van der Waals surface area contributed by atoms with Crippen LogP contribution in [0, 0.1) is 0 Å². The highest BCUT2D eigenvalue weighted by Crippen LogP contribution is 2.26. The zero-order chi connectivity index (χ0) is 24.0. The first-order valence-electron chi connectivity index (χ1n) is 10.1. The molecule has 1 amide bonds. The van der Waals surface area contributed by atoms with E-state index in [9.17, 15) is 13.2 Å². The van der Waals surface area contributed by atoms with Gasteiger partial charge >= 0.3 is 0 Å². The van der Waals surface area contributed by atoms with E-state index in [1.807, 2.05) is 19.1 Å². The van der Waals surface area contributed by atoms with Gasteiger partial charge in [0.1, 0.15) is 18.0 Å². The molecule has 0 bridgehead atoms. The molecule has 0 saturated carbocycles. The second kappa shape index (κ2) is 10.6. The number of amides is 1. The maximum atomic E-state index is 13.4. The molecule has 0 unspecified atom stereocenters. The first-order chi connectivity index (χ1) is 15.7. The van der Waals surface area contributed by atoms with E-state index >= 15 is 0 Å². The van der Waals surface area contributed by atoms with Crippen molar-refractivity contribution in [2.45, 2.75) is 17.9 Å². The maximum Gasteiger partial charge on any atom is 0.264 e. The summed E-state index contributed by atoms with van der Waals surface area (Å²) in [7, 11) is -0.963. The summed E-state index contributed by atoms with van der Waals surface area (Å²) in [6.45, 7) is 1.42. The molecule has 0 aliphatic carbocycles. The minimum atomic E-state index is -4.04. The van der Waals surface area contributed by atoms with Crippen LogP contribution in [-0.4, -0.2) is 35.1 Å². The van der Waals surface area contributed by atoms with Gasteiger partial charge in [-0.3, -0.25) is 9.10 Å². The Morgan fingerprint density at radius 1 is 0.909 bits per heavy atom. The van der Waals surface area contributed by atoms with Gasteiger partial charge in [-0.2, -0.15) is 0 Å². The second-order valence-corrected chi connectivity index (χ2v) is 9.52. The molecule has 0 aliphatic rings. The summed E-state index contributed by atoms with van der Waals surface area (Å²) in [5, 5.41) is 3.31. The predicted molar refractivity (Wildman–Crippen MR) is 129 cm³/mol. The van der Waals surface area contributed by atoms with Crippen molar-refractivity contribution in [3.8, 4) is 11.5 Å². The lowest BCUT2D eigenvalue weighted by Crippen LogP contribution is -2.41. The second-order valence-electron chi connectivity index (χ2n) is 7.23. The monoisotopic (exact) mass is 488 g/mol. The molecule has 1 atom stereocenters. The summed E-state index contributed by atoms with van der Waals surface area (Å²) < 4.78 is 38.2. The molecule has 0 fully saturated rings. The highest BCUT2D eigenvalue weighted by molar-refractivity contribution is 7.92. The lowest BCUT2D eigenvalue weighted by atomic mass is 10.1. The molecule has 33 heavy (non-hydrogen) atoms. The Morgan fingerprint density at radius 3 is 1.94 bits per heavy atom. The third-order valence-corrected chi connectivity index (χ3v) is 7.08. The fourth-order valence-corrected chi connectivity index (χ4v) is 4.74. The molecular weight excluding hydrogens is 464 g/mol. The zero-order valence-electron chi connectivity index (χ0n) is 18.5. The van der Waals surface area contributed by atoms with Crippen molar-refractivity contribution in [3.05, 3.63) is 83.4 Å². The normalized spacial score (nSPS) is 12.0. The molecule has 174 valence electrons. The highest BCUT2D eigenvalue weighted by atomic mass is 35.5. The number of carbonyl (C=O) groups is 1. The summed E-state index contributed by atoms with van der Waals surface area (Å²) in [6, 6.07) is 19.2. The number of halogens is 1. The molecule has 0 radical (unpaired) electrons. The molecule has 0 aromatic heterocycles. The van der Waals surface area contributed by atoms with Crippen LogP contribution in [0.4, 0.5) is 5.69 Å². The van der Waals surface area contributed by atoms with Gasteiger partial charge in [-0.1, -0.05) is 23.7 Å². The quantitative estimate of drug-likeness (QED) is 0.481. The average molecular weight is 489 g/mol. The number of carbonyl (C=O) groups excluding carboxylic acids is 1. The fraction of sp³-hybridized carbons (Fsp3) is 0.208. The van der Waals surface area contributed by atoms with E-state index in [-0.39, 0.29) is 10.9 Å². The van der Waals surface area contributed by atoms with Gasteiger partial charge in [0.2, 0.25) is 5.91 Å². The predicted octanol–water partition coefficient (Wildman–Crippen LogP) is 4.43. The lowest BCUT2D eigenvalue weighted by Gasteiger charge is -2.25. The summed E-state index contributed by atoms with van der Waals surface area (Å²) in [6.07, 6.45) is 0. The molecule has 3 rings (SSSR count). The largest absolute Gasteiger partial charge is 0.497 e. The Hall–Kier alpha value is -3.23. The number of hydrogen-bond acceptors (Lipinski definition) is 5. The number of ether oxygens (including phenoxy) is 2. The first kappa shape index (κ1) is 24.4. The molecule has 0 spiro atoms. The summed E-state index contributed by atoms with van der Waals surface area (Å²) in [4.78, 5) is 12.9. The van der Waals surface area contributed by atoms with E-state index < -0.39 is 22.5 Å². The van der Waals surface area contributed by atoms with Crippen molar-refractivity contribution in [1.82, 2.24) is 5.32 Å². The van der Waals surface area contributed by atoms with E-state index in [1.165, 1.54) is 19.2 Å². The van der Waals surface area contributed by atoms with Gasteiger partial charge in [0, 0.05) is 5.02 Å². The Balaban J connectivity index is 1.86. The Bertz CT molecular complexity index is 1180. The summed E-state index contributed by atoms with van der Waals surface area (Å²) >= 11 is 5.97. The molecule has 3 aromatic carbocycles. The molecule has 1 N–H and O–H groups in total. The van der Waals surface area contributed by atoms with Crippen LogP contribution >= 0.6 is 11.6 Å². The standard InChI is InChI=1S/C24H25ClN2O5S/c1-17(18-4-10-21(31-2)11-5-18)26-24(28)16-27(20-8-6-19(25)7-9-20)33(29,30)23-14-12-22(32-3)13-15-23/h4-15,17H,16H2,1-3H3,(H,26,28)/t17-/m1/s1. The van der Waals surface area contributed by atoms with E-state index in [4.69, 9.17) is 21.1 Å². The van der Waals surface area contributed by atoms with Crippen LogP contribution in [0.25, 0.3) is 0 Å². The van der Waals surface area contributed by atoms with E-state index in [0.717, 1.165) is 9.87 Å². The minimum Gasteiger partial charge on any atom is -0.497 e. The van der Waals surface area contributed by atoms with Crippen LogP contribution in [0.3, 0.4) is 0 Å². The van der Waals surface area contributed by atoms with Gasteiger partial charge in [-0.15, -0.1) is 0 Å². The third kappa shape index (κ3) is 5.97. The van der Waals surface area contributed by atoms with Gasteiger partial charge in [0.25, 0.3) is 10.0 Å². The van der Waals surface area contributed by atoms with Crippen molar-refractivity contribution in [2.24, 2.45) is 0 Å². The topological polar surface area (TPSA) is 84.9 Å². The van der Waals surface area contributed by atoms with Gasteiger partial charge < -0.3 is 14.8 Å². The number of benzene rings is 3. The van der Waals surface area contributed by atoms with Crippen LogP contribution in [0.15, 0.2) is 77.7 Å². The number of nitrogens with one attached hydrogen (secondary N) is 1. The lowest BCUT2D eigenvalue weighted by molar-refractivity contribution is -0.120. The van der Waals surface area contributed by atoms with Gasteiger partial charge in [-0.05, 0) is 73.2 Å². The molecular formula is C24H25ClN2O5S. The van der Waals surface area contributed by atoms with Gasteiger partial charge in [0.05, 0.1) is 30.8 Å². The molecule has 9 heteroatoms. The number of nitrogens with zero attached hydrogens (tertiary/aromatic N) is 1. The van der Waals surface area contributed by atoms with Crippen LogP contribution in [0.5, 0.6) is 11.5 Å². The van der Waals surface area contributed by atoms with Crippen LogP contribution in [0.1, 0.15) is 18.5 Å². The average Bonchev–Trinajstić information content (AvgIpc) is 2.83. The summed E-state index contributed by atoms with van der Waals surface area (Å²) in [5.41, 5.74) is 1.18. The third-order valence-electron chi connectivity index (χ3n) is 5.04. The maximum absolute atomic E-state index is 13.4. The van der Waals surface area contributed by atoms with E-state index in [2.05, 4.69) is 5.32 Å². The van der Waals surface area contributed by atoms with Crippen molar-refractivity contribution in [1.29, 1.82) is 0 Å².